The third-order valence-electron chi connectivity index (χ3n) is 8.64. The van der Waals surface area contributed by atoms with E-state index >= 15 is 0 Å². The van der Waals surface area contributed by atoms with Gasteiger partial charge in [-0.05, 0) is 24.6 Å². The smallest absolute Gasteiger partial charge is 0.303 e. The number of nitrogens with zero attached hydrogens (tertiary/aromatic N) is 3. The third kappa shape index (κ3) is 13.4. The van der Waals surface area contributed by atoms with Crippen molar-refractivity contribution in [2.24, 2.45) is 0 Å². The molecule has 2 fully saturated rings. The minimum atomic E-state index is -1.83. The summed E-state index contributed by atoms with van der Waals surface area (Å²) in [6.45, 7) is 8.06. The number of hydrogen-bond donors (Lipinski definition) is 0. The lowest BCUT2D eigenvalue weighted by atomic mass is 9.95. The van der Waals surface area contributed by atoms with E-state index < -0.39 is 116 Å². The van der Waals surface area contributed by atoms with Gasteiger partial charge in [-0.25, -0.2) is 4.68 Å². The van der Waals surface area contributed by atoms with Gasteiger partial charge in [0.25, 0.3) is 0 Å². The molecule has 3 heterocycles. The summed E-state index contributed by atoms with van der Waals surface area (Å²) in [6.07, 6.45) is -10.7. The fraction of sp³-hybridized carbons (Fsp3) is 0.564. The van der Waals surface area contributed by atoms with Crippen molar-refractivity contribution in [1.29, 1.82) is 0 Å². The van der Waals surface area contributed by atoms with Crippen LogP contribution in [0, 0.1) is 0 Å². The zero-order valence-corrected chi connectivity index (χ0v) is 35.0. The fourth-order valence-corrected chi connectivity index (χ4v) is 6.46. The van der Waals surface area contributed by atoms with Crippen molar-refractivity contribution in [1.82, 2.24) is 15.0 Å². The maximum Gasteiger partial charge on any atom is 0.303 e. The lowest BCUT2D eigenvalue weighted by Gasteiger charge is -2.48. The molecule has 2 aromatic rings. The molecule has 0 radical (unpaired) electrons. The first-order valence-corrected chi connectivity index (χ1v) is 18.8. The summed E-state index contributed by atoms with van der Waals surface area (Å²) in [4.78, 5) is 86.8. The summed E-state index contributed by atoms with van der Waals surface area (Å²) in [5.41, 5.74) is 1.15. The molecule has 0 amide bonds. The van der Waals surface area contributed by atoms with E-state index in [0.29, 0.717) is 11.5 Å². The van der Waals surface area contributed by atoms with Crippen molar-refractivity contribution in [2.45, 2.75) is 123 Å². The molecule has 0 aliphatic carbocycles. The van der Waals surface area contributed by atoms with Crippen molar-refractivity contribution in [2.75, 3.05) is 20.3 Å². The number of hydrogen-bond acceptors (Lipinski definition) is 21. The number of benzene rings is 1. The Morgan fingerprint density at radius 1 is 0.656 bits per heavy atom. The average Bonchev–Trinajstić information content (AvgIpc) is 3.64. The first-order chi connectivity index (χ1) is 28.9. The van der Waals surface area contributed by atoms with Gasteiger partial charge in [-0.2, -0.15) is 0 Å². The number of methoxy groups -OCH3 is 1. The second kappa shape index (κ2) is 21.9. The Labute approximate surface area is 349 Å². The van der Waals surface area contributed by atoms with E-state index in [0.717, 1.165) is 54.0 Å². The molecule has 22 nitrogen and oxygen atoms in total. The predicted octanol–water partition coefficient (Wildman–Crippen LogP) is 1.69. The van der Waals surface area contributed by atoms with Crippen LogP contribution in [0.4, 0.5) is 0 Å². The molecule has 0 N–H and O–H groups in total. The molecule has 1 aromatic heterocycles. The molecule has 0 bridgehead atoms. The molecule has 0 saturated carbocycles. The van der Waals surface area contributed by atoms with Crippen LogP contribution in [-0.2, 0) is 87.5 Å². The van der Waals surface area contributed by atoms with Gasteiger partial charge in [0.2, 0.25) is 0 Å². The van der Waals surface area contributed by atoms with Crippen LogP contribution in [0.3, 0.4) is 0 Å². The van der Waals surface area contributed by atoms with Gasteiger partial charge in [-0.1, -0.05) is 23.4 Å². The molecule has 1 aromatic carbocycles. The molecule has 4 rings (SSSR count). The van der Waals surface area contributed by atoms with Gasteiger partial charge in [0.05, 0.1) is 13.3 Å². The van der Waals surface area contributed by atoms with Gasteiger partial charge in [-0.15, -0.1) is 5.10 Å². The summed E-state index contributed by atoms with van der Waals surface area (Å²) < 4.78 is 69.9. The largest absolute Gasteiger partial charge is 0.493 e. The van der Waals surface area contributed by atoms with Crippen LogP contribution in [0.15, 0.2) is 30.5 Å². The summed E-state index contributed by atoms with van der Waals surface area (Å²) >= 11 is 0. The molecule has 2 saturated heterocycles. The van der Waals surface area contributed by atoms with Gasteiger partial charge in [0, 0.05) is 48.5 Å². The van der Waals surface area contributed by atoms with Crippen LogP contribution in [0.25, 0.3) is 6.08 Å². The highest BCUT2D eigenvalue weighted by Crippen LogP contribution is 2.38. The Morgan fingerprint density at radius 2 is 1.18 bits per heavy atom. The van der Waals surface area contributed by atoms with Crippen molar-refractivity contribution < 1.29 is 90.4 Å². The van der Waals surface area contributed by atoms with Crippen LogP contribution in [0.2, 0.25) is 0 Å². The Hall–Kier alpha value is -6.13. The second-order valence-electron chi connectivity index (χ2n) is 13.6. The average molecular weight is 864 g/mol. The molecule has 2 aliphatic rings. The van der Waals surface area contributed by atoms with Gasteiger partial charge >= 0.3 is 41.8 Å². The molecular weight excluding hydrogens is 814 g/mol. The maximum absolute atomic E-state index is 12.8. The lowest BCUT2D eigenvalue weighted by molar-refractivity contribution is -0.349. The molecule has 0 spiro atoms. The van der Waals surface area contributed by atoms with E-state index in [4.69, 9.17) is 56.8 Å². The monoisotopic (exact) mass is 863 g/mol. The van der Waals surface area contributed by atoms with E-state index in [1.165, 1.54) is 18.0 Å². The van der Waals surface area contributed by atoms with E-state index in [9.17, 15) is 33.6 Å². The molecule has 334 valence electrons. The van der Waals surface area contributed by atoms with Crippen molar-refractivity contribution in [3.05, 3.63) is 41.7 Å². The predicted molar refractivity (Wildman–Crippen MR) is 201 cm³/mol. The second-order valence-corrected chi connectivity index (χ2v) is 13.6. The normalized spacial score (nSPS) is 26.0. The van der Waals surface area contributed by atoms with Crippen molar-refractivity contribution >= 4 is 47.9 Å². The highest BCUT2D eigenvalue weighted by atomic mass is 16.8. The maximum atomic E-state index is 12.8. The minimum absolute atomic E-state index is 0.122. The van der Waals surface area contributed by atoms with Crippen LogP contribution in [0.5, 0.6) is 11.5 Å². The van der Waals surface area contributed by atoms with Gasteiger partial charge in [0.1, 0.15) is 43.8 Å². The highest BCUT2D eigenvalue weighted by Gasteiger charge is 2.58. The first-order valence-electron chi connectivity index (χ1n) is 18.8. The molecule has 10 atom stereocenters. The van der Waals surface area contributed by atoms with Crippen LogP contribution < -0.4 is 9.47 Å². The van der Waals surface area contributed by atoms with Crippen molar-refractivity contribution in [3.8, 4) is 11.5 Å². The topological polar surface area (TPSA) is 261 Å². The molecule has 2 aliphatic heterocycles. The molecular formula is C39H49N3O19. The third-order valence-corrected chi connectivity index (χ3v) is 8.64. The Kier molecular flexibility index (Phi) is 17.1. The number of aromatic nitrogens is 3. The standard InChI is InChI=1S/C39H49N3O19/c1-10-11-26-12-13-28(29(14-26)50-9)53-16-27-15-42(41-40-27)38-36(57-24(7)48)34(55-22(5)46)33(30(59-38)17-51-19(2)43)61-39-37(58-25(8)49)35(56-23(6)47)32(54-21(4)45)31(60-39)18-52-20(3)44/h10-15,30-39H,16-18H2,1-9H3/b11-10+/t30-,31-,32-,33-,34+,35+,36-,37-,38-,39-/m1/s1. The quantitative estimate of drug-likeness (QED) is 0.162. The summed E-state index contributed by atoms with van der Waals surface area (Å²) in [5, 5.41) is 8.33. The van der Waals surface area contributed by atoms with Crippen LogP contribution in [0.1, 0.15) is 72.9 Å². The number of allylic oxidation sites excluding steroid dienone is 1. The van der Waals surface area contributed by atoms with Gasteiger partial charge < -0.3 is 56.8 Å². The Balaban J connectivity index is 1.78. The zero-order valence-electron chi connectivity index (χ0n) is 35.0. The van der Waals surface area contributed by atoms with E-state index in [1.54, 1.807) is 12.1 Å². The minimum Gasteiger partial charge on any atom is -0.493 e. The SMILES string of the molecule is C/C=C/c1ccc(OCc2cn([C@@H]3O[C@H](COC(C)=O)[C@@H](O[C@H]4O[C@H](COC(C)=O)[C@@H](OC(C)=O)[C@H](OC(C)=O)[C@H]4OC(C)=O)[C@H](OC(C)=O)[C@H]3OC(C)=O)nn2)c(OC)c1. The fourth-order valence-electron chi connectivity index (χ4n) is 6.46. The van der Waals surface area contributed by atoms with Crippen molar-refractivity contribution in [3.63, 3.8) is 0 Å². The first kappa shape index (κ1) is 47.5. The Morgan fingerprint density at radius 3 is 1.72 bits per heavy atom. The van der Waals surface area contributed by atoms with Crippen LogP contribution in [-0.4, -0.2) is 132 Å². The number of rotatable bonds is 17. The highest BCUT2D eigenvalue weighted by molar-refractivity contribution is 5.69. The van der Waals surface area contributed by atoms with Gasteiger partial charge in [0.15, 0.2) is 54.5 Å². The van der Waals surface area contributed by atoms with Crippen LogP contribution >= 0.6 is 0 Å². The number of ether oxygens (including phenoxy) is 12. The summed E-state index contributed by atoms with van der Waals surface area (Å²) in [7, 11) is 1.49. The number of esters is 7. The van der Waals surface area contributed by atoms with E-state index in [2.05, 4.69) is 10.3 Å². The zero-order chi connectivity index (χ0) is 45.0. The lowest BCUT2D eigenvalue weighted by Crippen LogP contribution is -2.66. The van der Waals surface area contributed by atoms with E-state index in [-0.39, 0.29) is 12.3 Å². The summed E-state index contributed by atoms with van der Waals surface area (Å²) in [6, 6.07) is 5.33. The number of carbonyl (C=O) groups is 7. The van der Waals surface area contributed by atoms with Gasteiger partial charge in [-0.3, -0.25) is 33.6 Å². The summed E-state index contributed by atoms with van der Waals surface area (Å²) in [5.74, 6) is -5.13. The Bertz CT molecular complexity index is 1930. The number of carbonyl (C=O) groups excluding carboxylic acids is 7. The molecule has 0 unspecified atom stereocenters. The van der Waals surface area contributed by atoms with E-state index in [1.807, 2.05) is 25.1 Å². The molecule has 61 heavy (non-hydrogen) atoms. The molecule has 22 heteroatoms.